The molecule has 0 radical (unpaired) electrons. The number of thiocarbonyl (C=S) groups is 1. The molecule has 6 nitrogen and oxygen atoms in total. The second-order valence-electron chi connectivity index (χ2n) is 8.60. The number of piperidine rings is 1. The number of nitrogens with zero attached hydrogens (tertiary/aromatic N) is 3. The molecule has 33 heavy (non-hydrogen) atoms. The average molecular weight is 531 g/mol. The summed E-state index contributed by atoms with van der Waals surface area (Å²) in [6, 6.07) is 12.1. The molecule has 0 saturated carbocycles. The lowest BCUT2D eigenvalue weighted by Crippen LogP contribution is -2.50. The number of fused-ring (bicyclic) bond motifs is 1. The Morgan fingerprint density at radius 3 is 2.76 bits per heavy atom. The molecule has 9 heteroatoms. The van der Waals surface area contributed by atoms with Crippen LogP contribution in [0.15, 0.2) is 51.5 Å². The number of amides is 1. The minimum absolute atomic E-state index is 0.136. The maximum absolute atomic E-state index is 13.5. The fraction of sp³-hybridized carbons (Fsp3) is 0.375. The van der Waals surface area contributed by atoms with Gasteiger partial charge in [0.15, 0.2) is 10.7 Å². The van der Waals surface area contributed by atoms with Crippen LogP contribution in [0, 0.1) is 5.82 Å². The first-order valence-electron chi connectivity index (χ1n) is 11.2. The molecule has 1 unspecified atom stereocenters. The predicted molar refractivity (Wildman–Crippen MR) is 133 cm³/mol. The maximum atomic E-state index is 13.5. The first kappa shape index (κ1) is 22.3. The van der Waals surface area contributed by atoms with Crippen LogP contribution in [-0.2, 0) is 4.79 Å². The highest BCUT2D eigenvalue weighted by Gasteiger charge is 2.37. The van der Waals surface area contributed by atoms with Crippen molar-refractivity contribution in [2.45, 2.75) is 37.6 Å². The van der Waals surface area contributed by atoms with Gasteiger partial charge in [0.1, 0.15) is 11.9 Å². The molecule has 1 atom stereocenters. The summed E-state index contributed by atoms with van der Waals surface area (Å²) in [7, 11) is 0. The number of rotatable bonds is 3. The molecule has 2 aliphatic rings. The number of carbonyl (C=O) groups excluding carboxylic acids is 1. The lowest BCUT2D eigenvalue weighted by atomic mass is 9.91. The number of carbonyl (C=O) groups is 1. The van der Waals surface area contributed by atoms with Crippen molar-refractivity contribution >= 4 is 55.8 Å². The van der Waals surface area contributed by atoms with Crippen LogP contribution in [0.2, 0.25) is 0 Å². The summed E-state index contributed by atoms with van der Waals surface area (Å²) in [6.45, 7) is 2.10. The van der Waals surface area contributed by atoms with Crippen LogP contribution in [0.25, 0.3) is 11.0 Å². The Morgan fingerprint density at radius 2 is 1.97 bits per heavy atom. The van der Waals surface area contributed by atoms with Crippen LogP contribution in [-0.4, -0.2) is 51.7 Å². The number of aromatic nitrogens is 1. The molecule has 0 aliphatic carbocycles. The molecule has 3 heterocycles. The molecule has 0 spiro atoms. The van der Waals surface area contributed by atoms with Gasteiger partial charge < -0.3 is 19.6 Å². The summed E-state index contributed by atoms with van der Waals surface area (Å²) in [6.07, 6.45) is 3.35. The Kier molecular flexibility index (Phi) is 6.34. The van der Waals surface area contributed by atoms with Crippen LogP contribution in [0.1, 0.15) is 37.3 Å². The molecule has 172 valence electrons. The fourth-order valence-corrected chi connectivity index (χ4v) is 5.57. The number of anilines is 1. The Morgan fingerprint density at radius 1 is 1.15 bits per heavy atom. The minimum atomic E-state index is -0.334. The number of hydrogen-bond acceptors (Lipinski definition) is 4. The molecule has 3 aromatic rings. The second-order valence-corrected chi connectivity index (χ2v) is 9.90. The van der Waals surface area contributed by atoms with E-state index in [0.717, 1.165) is 53.5 Å². The molecule has 1 N–H and O–H groups in total. The van der Waals surface area contributed by atoms with Crippen molar-refractivity contribution in [2.75, 3.05) is 25.0 Å². The van der Waals surface area contributed by atoms with Crippen LogP contribution in [0.5, 0.6) is 0 Å². The van der Waals surface area contributed by atoms with Crippen LogP contribution in [0.4, 0.5) is 10.1 Å². The van der Waals surface area contributed by atoms with Gasteiger partial charge in [-0.3, -0.25) is 4.79 Å². The zero-order chi connectivity index (χ0) is 22.9. The standard InChI is InChI=1S/C24H24BrFN4O2S/c25-16-3-1-4-18(13-16)27-24(33)30-10-2-5-20(30)23(31)29-11-8-15(9-12-29)22-19-7-6-17(26)14-21(19)32-28-22/h1,3-4,6-7,13-15,20H,2,5,8-12H2,(H,27,33). The summed E-state index contributed by atoms with van der Waals surface area (Å²) in [5.41, 5.74) is 2.23. The minimum Gasteiger partial charge on any atom is -0.356 e. The van der Waals surface area contributed by atoms with Crippen molar-refractivity contribution in [1.82, 2.24) is 15.0 Å². The Balaban J connectivity index is 1.22. The Labute approximate surface area is 205 Å². The van der Waals surface area contributed by atoms with Gasteiger partial charge in [0.25, 0.3) is 0 Å². The highest BCUT2D eigenvalue weighted by atomic mass is 79.9. The number of halogens is 2. The third-order valence-electron chi connectivity index (χ3n) is 6.53. The lowest BCUT2D eigenvalue weighted by Gasteiger charge is -2.35. The third kappa shape index (κ3) is 4.61. The van der Waals surface area contributed by atoms with Crippen molar-refractivity contribution in [3.63, 3.8) is 0 Å². The highest BCUT2D eigenvalue weighted by Crippen LogP contribution is 2.33. The van der Waals surface area contributed by atoms with Crippen molar-refractivity contribution in [3.05, 3.63) is 58.4 Å². The normalized spacial score (nSPS) is 19.3. The molecule has 2 saturated heterocycles. The summed E-state index contributed by atoms with van der Waals surface area (Å²) in [4.78, 5) is 17.3. The first-order valence-corrected chi connectivity index (χ1v) is 12.4. The number of benzene rings is 2. The molecular formula is C24H24BrFN4O2S. The van der Waals surface area contributed by atoms with E-state index >= 15 is 0 Å². The molecule has 2 aromatic carbocycles. The van der Waals surface area contributed by atoms with Gasteiger partial charge >= 0.3 is 0 Å². The van der Waals surface area contributed by atoms with Crippen LogP contribution < -0.4 is 5.32 Å². The van der Waals surface area contributed by atoms with Gasteiger partial charge in [0.05, 0.1) is 5.69 Å². The number of likely N-dealkylation sites (tertiary alicyclic amines) is 2. The molecule has 0 bridgehead atoms. The molecule has 5 rings (SSSR count). The zero-order valence-corrected chi connectivity index (χ0v) is 20.4. The summed E-state index contributed by atoms with van der Waals surface area (Å²) in [5, 5.41) is 8.91. The fourth-order valence-electron chi connectivity index (χ4n) is 4.84. The predicted octanol–water partition coefficient (Wildman–Crippen LogP) is 5.30. The van der Waals surface area contributed by atoms with E-state index in [9.17, 15) is 9.18 Å². The molecule has 2 fully saturated rings. The summed E-state index contributed by atoms with van der Waals surface area (Å²) < 4.78 is 19.8. The quantitative estimate of drug-likeness (QED) is 0.464. The Bertz CT molecular complexity index is 1190. The van der Waals surface area contributed by atoms with Gasteiger partial charge in [0, 0.05) is 47.2 Å². The van der Waals surface area contributed by atoms with Crippen molar-refractivity contribution in [2.24, 2.45) is 0 Å². The van der Waals surface area contributed by atoms with E-state index in [1.54, 1.807) is 6.07 Å². The van der Waals surface area contributed by atoms with Gasteiger partial charge in [-0.25, -0.2) is 4.39 Å². The zero-order valence-electron chi connectivity index (χ0n) is 18.0. The van der Waals surface area contributed by atoms with E-state index in [4.69, 9.17) is 16.7 Å². The van der Waals surface area contributed by atoms with Gasteiger partial charge in [-0.15, -0.1) is 0 Å². The SMILES string of the molecule is O=C(C1CCCN1C(=S)Nc1cccc(Br)c1)N1CCC(c2noc3cc(F)ccc23)CC1. The molecule has 2 aliphatic heterocycles. The first-order chi connectivity index (χ1) is 16.0. The number of hydrogen-bond donors (Lipinski definition) is 1. The average Bonchev–Trinajstić information content (AvgIpc) is 3.46. The van der Waals surface area contributed by atoms with E-state index in [1.807, 2.05) is 34.1 Å². The Hall–Kier alpha value is -2.52. The van der Waals surface area contributed by atoms with E-state index in [-0.39, 0.29) is 23.7 Å². The van der Waals surface area contributed by atoms with E-state index in [0.29, 0.717) is 23.8 Å². The van der Waals surface area contributed by atoms with Crippen molar-refractivity contribution < 1.29 is 13.7 Å². The summed E-state index contributed by atoms with van der Waals surface area (Å²) >= 11 is 9.12. The summed E-state index contributed by atoms with van der Waals surface area (Å²) in [5.74, 6) is -0.00447. The highest BCUT2D eigenvalue weighted by molar-refractivity contribution is 9.10. The van der Waals surface area contributed by atoms with Crippen LogP contribution in [0.3, 0.4) is 0 Å². The lowest BCUT2D eigenvalue weighted by molar-refractivity contribution is -0.135. The number of nitrogens with one attached hydrogen (secondary N) is 1. The molecular weight excluding hydrogens is 507 g/mol. The van der Waals surface area contributed by atoms with Gasteiger partial charge in [-0.1, -0.05) is 27.2 Å². The molecule has 1 aromatic heterocycles. The van der Waals surface area contributed by atoms with Gasteiger partial charge in [-0.05, 0) is 68.2 Å². The third-order valence-corrected chi connectivity index (χ3v) is 7.36. The molecule has 1 amide bonds. The topological polar surface area (TPSA) is 61.6 Å². The second kappa shape index (κ2) is 9.38. The smallest absolute Gasteiger partial charge is 0.245 e. The van der Waals surface area contributed by atoms with Gasteiger partial charge in [0.2, 0.25) is 5.91 Å². The van der Waals surface area contributed by atoms with Crippen molar-refractivity contribution in [3.8, 4) is 0 Å². The monoisotopic (exact) mass is 530 g/mol. The largest absolute Gasteiger partial charge is 0.356 e. The van der Waals surface area contributed by atoms with E-state index < -0.39 is 0 Å². The van der Waals surface area contributed by atoms with Gasteiger partial charge in [-0.2, -0.15) is 0 Å². The van der Waals surface area contributed by atoms with E-state index in [2.05, 4.69) is 26.4 Å². The van der Waals surface area contributed by atoms with Crippen molar-refractivity contribution in [1.29, 1.82) is 0 Å². The van der Waals surface area contributed by atoms with Crippen LogP contribution >= 0.6 is 28.1 Å². The maximum Gasteiger partial charge on any atom is 0.245 e. The van der Waals surface area contributed by atoms with E-state index in [1.165, 1.54) is 12.1 Å².